The molecule has 0 aliphatic carbocycles. The van der Waals surface area contributed by atoms with Crippen molar-refractivity contribution in [1.82, 2.24) is 4.98 Å². The van der Waals surface area contributed by atoms with Gasteiger partial charge < -0.3 is 9.15 Å². The number of benzene rings is 1. The lowest BCUT2D eigenvalue weighted by molar-refractivity contribution is 0.305. The summed E-state index contributed by atoms with van der Waals surface area (Å²) < 4.78 is 11.6. The lowest BCUT2D eigenvalue weighted by atomic mass is 10.3. The van der Waals surface area contributed by atoms with Gasteiger partial charge in [0.2, 0.25) is 0 Å². The zero-order valence-electron chi connectivity index (χ0n) is 9.29. The van der Waals surface area contributed by atoms with Gasteiger partial charge in [-0.3, -0.25) is 0 Å². The third-order valence-corrected chi connectivity index (χ3v) is 3.36. The topological polar surface area (TPSA) is 59.0 Å². The van der Waals surface area contributed by atoms with Crippen molar-refractivity contribution in [2.75, 3.05) is 0 Å². The van der Waals surface area contributed by atoms with E-state index >= 15 is 0 Å². The fourth-order valence-electron chi connectivity index (χ4n) is 1.58. The van der Waals surface area contributed by atoms with Crippen LogP contribution in [0.2, 0.25) is 0 Å². The van der Waals surface area contributed by atoms with E-state index in [1.807, 2.05) is 30.3 Å². The molecule has 0 saturated carbocycles. The van der Waals surface area contributed by atoms with Gasteiger partial charge in [-0.1, -0.05) is 0 Å². The predicted molar refractivity (Wildman–Crippen MR) is 67.4 cm³/mol. The molecule has 3 aromatic rings. The van der Waals surface area contributed by atoms with Crippen LogP contribution >= 0.6 is 11.3 Å². The normalized spacial score (nSPS) is 10.4. The first-order valence-electron chi connectivity index (χ1n) is 5.30. The number of furan rings is 1. The summed E-state index contributed by atoms with van der Waals surface area (Å²) in [6, 6.07) is 9.51. The molecular formula is C13H8N2O2S. The summed E-state index contributed by atoms with van der Waals surface area (Å²) in [5.74, 6) is 0.761. The van der Waals surface area contributed by atoms with Crippen LogP contribution in [0.5, 0.6) is 5.75 Å². The van der Waals surface area contributed by atoms with Crippen molar-refractivity contribution < 1.29 is 9.15 Å². The molecule has 0 bridgehead atoms. The molecule has 0 spiro atoms. The average Bonchev–Trinajstić information content (AvgIpc) is 3.04. The Kier molecular flexibility index (Phi) is 2.71. The second kappa shape index (κ2) is 4.51. The van der Waals surface area contributed by atoms with Gasteiger partial charge >= 0.3 is 0 Å². The van der Waals surface area contributed by atoms with E-state index in [2.05, 4.69) is 4.98 Å². The van der Waals surface area contributed by atoms with Crippen molar-refractivity contribution in [3.63, 3.8) is 0 Å². The van der Waals surface area contributed by atoms with Crippen molar-refractivity contribution in [2.45, 2.75) is 6.61 Å². The third kappa shape index (κ3) is 2.06. The summed E-state index contributed by atoms with van der Waals surface area (Å²) in [6.45, 7) is 0.464. The van der Waals surface area contributed by atoms with Crippen LogP contribution in [0.1, 0.15) is 10.6 Å². The molecule has 2 heterocycles. The maximum Gasteiger partial charge on any atom is 0.195 e. The quantitative estimate of drug-likeness (QED) is 0.721. The Hall–Kier alpha value is -2.32. The standard InChI is InChI=1S/C13H8N2O2S/c14-6-13-15-11-2-1-10(5-12(11)18-13)17-8-9-3-4-16-7-9/h1-5,7H,8H2. The van der Waals surface area contributed by atoms with E-state index in [0.29, 0.717) is 11.6 Å². The highest BCUT2D eigenvalue weighted by molar-refractivity contribution is 7.19. The van der Waals surface area contributed by atoms with E-state index in [-0.39, 0.29) is 0 Å². The van der Waals surface area contributed by atoms with Crippen molar-refractivity contribution >= 4 is 21.6 Å². The van der Waals surface area contributed by atoms with Crippen molar-refractivity contribution in [3.8, 4) is 11.8 Å². The number of hydrogen-bond acceptors (Lipinski definition) is 5. The Morgan fingerprint density at radius 1 is 1.39 bits per heavy atom. The van der Waals surface area contributed by atoms with Crippen molar-refractivity contribution in [3.05, 3.63) is 47.4 Å². The number of aromatic nitrogens is 1. The molecule has 0 aliphatic rings. The summed E-state index contributed by atoms with van der Waals surface area (Å²) in [4.78, 5) is 4.17. The zero-order valence-corrected chi connectivity index (χ0v) is 10.1. The molecule has 0 fully saturated rings. The number of rotatable bonds is 3. The molecule has 4 nitrogen and oxygen atoms in total. The minimum Gasteiger partial charge on any atom is -0.489 e. The molecule has 1 aromatic carbocycles. The number of nitrogens with zero attached hydrogens (tertiary/aromatic N) is 2. The molecule has 0 saturated heterocycles. The van der Waals surface area contributed by atoms with Gasteiger partial charge in [-0.2, -0.15) is 5.26 Å². The lowest BCUT2D eigenvalue weighted by Gasteiger charge is -2.03. The van der Waals surface area contributed by atoms with E-state index in [0.717, 1.165) is 21.5 Å². The molecule has 0 amide bonds. The Labute approximate surface area is 107 Å². The molecule has 2 aromatic heterocycles. The van der Waals surface area contributed by atoms with Gasteiger partial charge in [-0.05, 0) is 24.3 Å². The second-order valence-electron chi connectivity index (χ2n) is 3.68. The van der Waals surface area contributed by atoms with Gasteiger partial charge in [-0.25, -0.2) is 4.98 Å². The molecule has 88 valence electrons. The van der Waals surface area contributed by atoms with Crippen LogP contribution in [-0.2, 0) is 6.61 Å². The summed E-state index contributed by atoms with van der Waals surface area (Å²) in [6.07, 6.45) is 3.27. The van der Waals surface area contributed by atoms with E-state index in [1.165, 1.54) is 11.3 Å². The van der Waals surface area contributed by atoms with E-state index < -0.39 is 0 Å². The smallest absolute Gasteiger partial charge is 0.195 e. The summed E-state index contributed by atoms with van der Waals surface area (Å²) >= 11 is 1.36. The number of hydrogen-bond donors (Lipinski definition) is 0. The van der Waals surface area contributed by atoms with Gasteiger partial charge in [0.1, 0.15) is 18.4 Å². The number of nitriles is 1. The minimum atomic E-state index is 0.464. The Bertz CT molecular complexity index is 710. The fraction of sp³-hybridized carbons (Fsp3) is 0.0769. The fourth-order valence-corrected chi connectivity index (χ4v) is 2.38. The first-order valence-corrected chi connectivity index (χ1v) is 6.11. The highest BCUT2D eigenvalue weighted by Crippen LogP contribution is 2.26. The summed E-state index contributed by atoms with van der Waals surface area (Å²) in [5, 5.41) is 9.26. The average molecular weight is 256 g/mol. The molecule has 0 radical (unpaired) electrons. The molecular weight excluding hydrogens is 248 g/mol. The Balaban J connectivity index is 1.82. The second-order valence-corrected chi connectivity index (χ2v) is 4.71. The van der Waals surface area contributed by atoms with Crippen LogP contribution in [0, 0.1) is 11.3 Å². The number of thiazole rings is 1. The first-order chi connectivity index (χ1) is 8.85. The van der Waals surface area contributed by atoms with E-state index in [4.69, 9.17) is 14.4 Å². The molecule has 0 aliphatic heterocycles. The third-order valence-electron chi connectivity index (χ3n) is 2.44. The monoisotopic (exact) mass is 256 g/mol. The Morgan fingerprint density at radius 2 is 2.33 bits per heavy atom. The van der Waals surface area contributed by atoms with E-state index in [9.17, 15) is 0 Å². The van der Waals surface area contributed by atoms with Gasteiger partial charge in [0, 0.05) is 5.56 Å². The highest BCUT2D eigenvalue weighted by Gasteiger charge is 2.05. The van der Waals surface area contributed by atoms with Crippen molar-refractivity contribution in [1.29, 1.82) is 5.26 Å². The summed E-state index contributed by atoms with van der Waals surface area (Å²) in [5.41, 5.74) is 1.81. The van der Waals surface area contributed by atoms with Crippen LogP contribution in [0.25, 0.3) is 10.2 Å². The largest absolute Gasteiger partial charge is 0.489 e. The van der Waals surface area contributed by atoms with Gasteiger partial charge in [0.05, 0.1) is 22.7 Å². The molecule has 0 unspecified atom stereocenters. The molecule has 0 atom stereocenters. The molecule has 3 rings (SSSR count). The highest BCUT2D eigenvalue weighted by atomic mass is 32.1. The van der Waals surface area contributed by atoms with Crippen LogP contribution in [0.3, 0.4) is 0 Å². The van der Waals surface area contributed by atoms with Crippen molar-refractivity contribution in [2.24, 2.45) is 0 Å². The van der Waals surface area contributed by atoms with Gasteiger partial charge in [0.15, 0.2) is 5.01 Å². The summed E-state index contributed by atoms with van der Waals surface area (Å²) in [7, 11) is 0. The van der Waals surface area contributed by atoms with Crippen LogP contribution in [0.4, 0.5) is 0 Å². The maximum absolute atomic E-state index is 8.79. The van der Waals surface area contributed by atoms with E-state index in [1.54, 1.807) is 12.5 Å². The van der Waals surface area contributed by atoms with Gasteiger partial charge in [0.25, 0.3) is 0 Å². The van der Waals surface area contributed by atoms with Gasteiger partial charge in [-0.15, -0.1) is 11.3 Å². The molecule has 0 N–H and O–H groups in total. The zero-order chi connectivity index (χ0) is 12.4. The first kappa shape index (κ1) is 10.8. The maximum atomic E-state index is 8.79. The minimum absolute atomic E-state index is 0.464. The lowest BCUT2D eigenvalue weighted by Crippen LogP contribution is -1.92. The number of fused-ring (bicyclic) bond motifs is 1. The van der Waals surface area contributed by atoms with Crippen LogP contribution in [0.15, 0.2) is 41.2 Å². The SMILES string of the molecule is N#Cc1nc2ccc(OCc3ccoc3)cc2s1. The molecule has 18 heavy (non-hydrogen) atoms. The predicted octanol–water partition coefficient (Wildman–Crippen LogP) is 3.34. The molecule has 5 heteroatoms. The van der Waals surface area contributed by atoms with Crippen LogP contribution < -0.4 is 4.74 Å². The number of ether oxygens (including phenoxy) is 1. The Morgan fingerprint density at radius 3 is 3.11 bits per heavy atom. The van der Waals surface area contributed by atoms with Crippen LogP contribution in [-0.4, -0.2) is 4.98 Å².